The molecule has 3 aromatic heterocycles. The van der Waals surface area contributed by atoms with Gasteiger partial charge in [0.05, 0.1) is 11.8 Å². The van der Waals surface area contributed by atoms with Crippen LogP contribution in [0.2, 0.25) is 0 Å². The van der Waals surface area contributed by atoms with Gasteiger partial charge in [0, 0.05) is 47.8 Å². The maximum atomic E-state index is 12.9. The van der Waals surface area contributed by atoms with E-state index in [0.29, 0.717) is 30.0 Å². The van der Waals surface area contributed by atoms with E-state index in [9.17, 15) is 9.90 Å². The number of aromatic amines is 1. The number of anilines is 4. The maximum Gasteiger partial charge on any atom is 0.249 e. The second-order valence-corrected chi connectivity index (χ2v) is 9.54. The van der Waals surface area contributed by atoms with E-state index in [4.69, 9.17) is 9.97 Å². The van der Waals surface area contributed by atoms with Gasteiger partial charge in [-0.05, 0) is 32.1 Å². The predicted octanol–water partition coefficient (Wildman–Crippen LogP) is 2.34. The first kappa shape index (κ1) is 19.6. The molecule has 0 bridgehead atoms. The summed E-state index contributed by atoms with van der Waals surface area (Å²) in [5.41, 5.74) is 3.25. The van der Waals surface area contributed by atoms with Crippen LogP contribution in [0.15, 0.2) is 17.6 Å². The summed E-state index contributed by atoms with van der Waals surface area (Å²) in [7, 11) is 0. The van der Waals surface area contributed by atoms with Crippen molar-refractivity contribution >= 4 is 40.0 Å². The summed E-state index contributed by atoms with van der Waals surface area (Å²) in [5, 5.41) is 26.4. The number of nitrogens with zero attached hydrogens (tertiary/aromatic N) is 5. The Morgan fingerprint density at radius 3 is 3.00 bits per heavy atom. The van der Waals surface area contributed by atoms with E-state index < -0.39 is 12.1 Å². The highest BCUT2D eigenvalue weighted by molar-refractivity contribution is 7.13. The third-order valence-corrected chi connectivity index (χ3v) is 6.97. The summed E-state index contributed by atoms with van der Waals surface area (Å²) < 4.78 is 0. The molecule has 4 heterocycles. The Hall–Kier alpha value is -3.05. The smallest absolute Gasteiger partial charge is 0.249 e. The van der Waals surface area contributed by atoms with E-state index in [1.807, 2.05) is 11.4 Å². The first-order chi connectivity index (χ1) is 15.6. The Labute approximate surface area is 188 Å². The number of hydrogen-bond acceptors (Lipinski definition) is 9. The number of carbonyl (C=O) groups excluding carboxylic acids is 1. The molecule has 10 nitrogen and oxygen atoms in total. The number of aromatic nitrogens is 5. The number of thiazole rings is 1. The van der Waals surface area contributed by atoms with Gasteiger partial charge in [0.2, 0.25) is 11.9 Å². The number of fused-ring (bicyclic) bond motifs is 1. The number of aryl methyl sites for hydroxylation is 1. The van der Waals surface area contributed by atoms with Crippen molar-refractivity contribution in [2.45, 2.75) is 56.6 Å². The molecule has 2 atom stereocenters. The van der Waals surface area contributed by atoms with Crippen molar-refractivity contribution in [1.29, 1.82) is 0 Å². The van der Waals surface area contributed by atoms with Gasteiger partial charge in [0.1, 0.15) is 11.9 Å². The largest absolute Gasteiger partial charge is 0.391 e. The highest BCUT2D eigenvalue weighted by Gasteiger charge is 2.39. The molecule has 11 heteroatoms. The van der Waals surface area contributed by atoms with Crippen LogP contribution in [-0.4, -0.2) is 54.9 Å². The molecule has 2 fully saturated rings. The molecule has 0 spiro atoms. The average molecular weight is 453 g/mol. The fraction of sp³-hybridized carbons (Fsp3) is 0.476. The van der Waals surface area contributed by atoms with Gasteiger partial charge in [-0.3, -0.25) is 9.89 Å². The van der Waals surface area contributed by atoms with Crippen LogP contribution in [0.5, 0.6) is 0 Å². The van der Waals surface area contributed by atoms with Gasteiger partial charge in [-0.1, -0.05) is 0 Å². The van der Waals surface area contributed by atoms with Gasteiger partial charge in [-0.15, -0.1) is 11.3 Å². The third-order valence-electron chi connectivity index (χ3n) is 6.28. The van der Waals surface area contributed by atoms with Crippen molar-refractivity contribution in [3.8, 4) is 0 Å². The topological polar surface area (TPSA) is 132 Å². The van der Waals surface area contributed by atoms with Crippen molar-refractivity contribution < 1.29 is 9.90 Å². The second-order valence-electron chi connectivity index (χ2n) is 8.64. The van der Waals surface area contributed by atoms with Crippen LogP contribution in [-0.2, 0) is 17.6 Å². The molecule has 1 amide bonds. The molecule has 2 aliphatic carbocycles. The van der Waals surface area contributed by atoms with E-state index in [0.717, 1.165) is 47.8 Å². The van der Waals surface area contributed by atoms with Crippen LogP contribution in [0.25, 0.3) is 0 Å². The van der Waals surface area contributed by atoms with Crippen LogP contribution < -0.4 is 15.5 Å². The van der Waals surface area contributed by atoms with Gasteiger partial charge < -0.3 is 20.6 Å². The zero-order valence-corrected chi connectivity index (χ0v) is 18.2. The van der Waals surface area contributed by atoms with E-state index in [1.54, 1.807) is 11.1 Å². The summed E-state index contributed by atoms with van der Waals surface area (Å²) in [5.74, 6) is 2.31. The SMILES string of the molecule is O=C(Nc1nccs1)[C@@H]1C[C@@H](O)CN1c1nc2c(c(Nc3cc(C4CC4)[nH]n3)n1)CCC2. The molecule has 3 aromatic rings. The van der Waals surface area contributed by atoms with Crippen LogP contribution >= 0.6 is 11.3 Å². The predicted molar refractivity (Wildman–Crippen MR) is 120 cm³/mol. The molecule has 4 N–H and O–H groups in total. The molecule has 0 unspecified atom stereocenters. The van der Waals surface area contributed by atoms with Crippen LogP contribution in [0.1, 0.15) is 48.6 Å². The number of nitrogens with one attached hydrogen (secondary N) is 3. The third kappa shape index (κ3) is 3.71. The van der Waals surface area contributed by atoms with Crippen molar-refractivity contribution in [3.05, 3.63) is 34.6 Å². The molecular weight excluding hydrogens is 428 g/mol. The Kier molecular flexibility index (Phi) is 4.80. The molecule has 1 saturated carbocycles. The minimum Gasteiger partial charge on any atom is -0.391 e. The Morgan fingerprint density at radius 2 is 2.19 bits per heavy atom. The monoisotopic (exact) mass is 452 g/mol. The second kappa shape index (κ2) is 7.82. The molecule has 0 aromatic carbocycles. The van der Waals surface area contributed by atoms with Gasteiger partial charge in [-0.2, -0.15) is 10.1 Å². The van der Waals surface area contributed by atoms with Gasteiger partial charge in [0.25, 0.3) is 0 Å². The van der Waals surface area contributed by atoms with Crippen molar-refractivity contribution in [2.75, 3.05) is 22.1 Å². The van der Waals surface area contributed by atoms with Crippen LogP contribution in [0.3, 0.4) is 0 Å². The Morgan fingerprint density at radius 1 is 1.28 bits per heavy atom. The maximum absolute atomic E-state index is 12.9. The number of H-pyrrole nitrogens is 1. The van der Waals surface area contributed by atoms with Gasteiger partial charge in [-0.25, -0.2) is 9.97 Å². The number of hydrogen-bond donors (Lipinski definition) is 4. The zero-order valence-electron chi connectivity index (χ0n) is 17.4. The number of β-amino-alcohol motifs (C(OH)–C–C–N with tert-alkyl or cyclic N) is 1. The Bertz CT molecular complexity index is 1140. The standard InChI is InChI=1S/C21H24N8O2S/c30-12-8-16(19(31)26-21-22-6-7-32-21)29(10-12)20-23-14-3-1-2-13(14)18(25-20)24-17-9-15(27-28-17)11-4-5-11/h6-7,9,11-12,16,30H,1-5,8,10H2,(H,22,26,31)(H2,23,24,25,27,28)/t12-,16+/m1/s1. The zero-order chi connectivity index (χ0) is 21.7. The van der Waals surface area contributed by atoms with Crippen molar-refractivity contribution in [1.82, 2.24) is 25.1 Å². The van der Waals surface area contributed by atoms with Gasteiger partial charge in [0.15, 0.2) is 10.9 Å². The molecule has 1 aliphatic heterocycles. The van der Waals surface area contributed by atoms with E-state index in [-0.39, 0.29) is 5.91 Å². The van der Waals surface area contributed by atoms with Crippen LogP contribution in [0, 0.1) is 0 Å². The summed E-state index contributed by atoms with van der Waals surface area (Å²) in [6.45, 7) is 0.308. The first-order valence-corrected chi connectivity index (χ1v) is 11.9. The lowest BCUT2D eigenvalue weighted by molar-refractivity contribution is -0.117. The van der Waals surface area contributed by atoms with E-state index in [2.05, 4.69) is 25.8 Å². The number of carbonyl (C=O) groups is 1. The minimum absolute atomic E-state index is 0.212. The van der Waals surface area contributed by atoms with Crippen LogP contribution in [0.4, 0.5) is 22.7 Å². The molecular formula is C21H24N8O2S. The molecule has 166 valence electrons. The van der Waals surface area contributed by atoms with E-state index >= 15 is 0 Å². The fourth-order valence-electron chi connectivity index (χ4n) is 4.53. The van der Waals surface area contributed by atoms with Crippen molar-refractivity contribution in [3.63, 3.8) is 0 Å². The molecule has 32 heavy (non-hydrogen) atoms. The molecule has 1 saturated heterocycles. The number of amides is 1. The number of aliphatic hydroxyl groups is 1. The normalized spacial score (nSPS) is 22.2. The summed E-state index contributed by atoms with van der Waals surface area (Å²) in [6.07, 6.45) is 6.56. The van der Waals surface area contributed by atoms with Crippen molar-refractivity contribution in [2.24, 2.45) is 0 Å². The summed E-state index contributed by atoms with van der Waals surface area (Å²) in [6, 6.07) is 1.48. The number of aliphatic hydroxyl groups excluding tert-OH is 1. The highest BCUT2D eigenvalue weighted by atomic mass is 32.1. The lowest BCUT2D eigenvalue weighted by atomic mass is 10.2. The average Bonchev–Trinajstić information content (AvgIpc) is 3.21. The summed E-state index contributed by atoms with van der Waals surface area (Å²) >= 11 is 1.36. The fourth-order valence-corrected chi connectivity index (χ4v) is 5.07. The lowest BCUT2D eigenvalue weighted by Crippen LogP contribution is -2.40. The molecule has 0 radical (unpaired) electrons. The minimum atomic E-state index is -0.622. The van der Waals surface area contributed by atoms with E-state index in [1.165, 1.54) is 24.2 Å². The highest BCUT2D eigenvalue weighted by Crippen LogP contribution is 2.40. The summed E-state index contributed by atoms with van der Waals surface area (Å²) in [4.78, 5) is 28.5. The molecule has 6 rings (SSSR count). The first-order valence-electron chi connectivity index (χ1n) is 11.0. The quantitative estimate of drug-likeness (QED) is 0.448. The number of rotatable bonds is 6. The Balaban J connectivity index is 1.29. The van der Waals surface area contributed by atoms with Gasteiger partial charge >= 0.3 is 0 Å². The molecule has 3 aliphatic rings. The lowest BCUT2D eigenvalue weighted by Gasteiger charge is -2.24.